The number of anilines is 2. The average Bonchev–Trinajstić information content (AvgIpc) is 3.15. The van der Waals surface area contributed by atoms with E-state index < -0.39 is 10.0 Å². The molecule has 144 valence electrons. The van der Waals surface area contributed by atoms with Gasteiger partial charge in [0.25, 0.3) is 0 Å². The van der Waals surface area contributed by atoms with Gasteiger partial charge in [-0.2, -0.15) is 4.31 Å². The Labute approximate surface area is 156 Å². The highest BCUT2D eigenvalue weighted by molar-refractivity contribution is 7.89. The number of nitrogens with zero attached hydrogens (tertiary/aromatic N) is 2. The van der Waals surface area contributed by atoms with Crippen molar-refractivity contribution in [3.8, 4) is 0 Å². The topological polar surface area (TPSA) is 69.7 Å². The molecule has 1 fully saturated rings. The van der Waals surface area contributed by atoms with E-state index in [0.29, 0.717) is 31.6 Å². The van der Waals surface area contributed by atoms with Gasteiger partial charge in [0, 0.05) is 32.6 Å². The summed E-state index contributed by atoms with van der Waals surface area (Å²) in [7, 11) is -3.57. The van der Waals surface area contributed by atoms with Crippen LogP contribution in [0.15, 0.2) is 35.7 Å². The molecule has 0 bridgehead atoms. The highest BCUT2D eigenvalue weighted by atomic mass is 32.2. The Balaban J connectivity index is 2.39. The van der Waals surface area contributed by atoms with Gasteiger partial charge in [-0.15, -0.1) is 6.58 Å². The molecule has 0 aliphatic carbocycles. The Morgan fingerprint density at radius 2 is 1.92 bits per heavy atom. The molecule has 1 heterocycles. The molecule has 0 aromatic heterocycles. The number of hydrogen-bond donors (Lipinski definition) is 1. The fourth-order valence-electron chi connectivity index (χ4n) is 3.17. The molecule has 0 saturated carbocycles. The third-order valence-corrected chi connectivity index (χ3v) is 6.65. The molecule has 0 unspecified atom stereocenters. The van der Waals surface area contributed by atoms with Gasteiger partial charge in [-0.25, -0.2) is 8.42 Å². The smallest absolute Gasteiger partial charge is 0.243 e. The first kappa shape index (κ1) is 20.5. The minimum Gasteiger partial charge on any atom is -0.370 e. The molecular formula is C19H29N3O3S. The molecule has 0 spiro atoms. The lowest BCUT2D eigenvalue weighted by Gasteiger charge is -2.24. The molecule has 6 nitrogen and oxygen atoms in total. The Hall–Kier alpha value is -1.86. The average molecular weight is 380 g/mol. The number of allylic oxidation sites excluding steroid dienone is 1. The maximum atomic E-state index is 12.8. The molecule has 1 amide bonds. The number of rotatable bonds is 9. The van der Waals surface area contributed by atoms with Crippen molar-refractivity contribution in [2.24, 2.45) is 0 Å². The first-order chi connectivity index (χ1) is 12.4. The first-order valence-electron chi connectivity index (χ1n) is 9.23. The van der Waals surface area contributed by atoms with Crippen LogP contribution in [0, 0.1) is 0 Å². The van der Waals surface area contributed by atoms with Crippen molar-refractivity contribution in [3.63, 3.8) is 0 Å². The van der Waals surface area contributed by atoms with E-state index in [1.165, 1.54) is 4.31 Å². The number of carbonyl (C=O) groups excluding carboxylic acids is 1. The van der Waals surface area contributed by atoms with Crippen molar-refractivity contribution in [1.29, 1.82) is 0 Å². The lowest BCUT2D eigenvalue weighted by Crippen LogP contribution is -2.31. The van der Waals surface area contributed by atoms with E-state index in [0.717, 1.165) is 31.6 Å². The predicted molar refractivity (Wildman–Crippen MR) is 106 cm³/mol. The van der Waals surface area contributed by atoms with Crippen molar-refractivity contribution in [1.82, 2.24) is 4.31 Å². The van der Waals surface area contributed by atoms with E-state index in [1.807, 2.05) is 19.9 Å². The van der Waals surface area contributed by atoms with Crippen LogP contribution in [0.3, 0.4) is 0 Å². The van der Waals surface area contributed by atoms with Crippen molar-refractivity contribution >= 4 is 27.3 Å². The summed E-state index contributed by atoms with van der Waals surface area (Å²) in [4.78, 5) is 14.6. The second-order valence-electron chi connectivity index (χ2n) is 6.34. The molecule has 1 N–H and O–H groups in total. The SMILES string of the molecule is C=CCCC(=O)Nc1cc(S(=O)(=O)N(CC)CC)ccc1N1CCCC1. The van der Waals surface area contributed by atoms with Crippen LogP contribution in [0.25, 0.3) is 0 Å². The monoisotopic (exact) mass is 379 g/mol. The van der Waals surface area contributed by atoms with E-state index in [1.54, 1.807) is 18.2 Å². The van der Waals surface area contributed by atoms with Crippen LogP contribution in [-0.2, 0) is 14.8 Å². The standard InChI is InChI=1S/C19H29N3O3S/c1-4-7-10-19(23)20-17-15-16(26(24,25)22(5-2)6-3)11-12-18(17)21-13-8-9-14-21/h4,11-12,15H,1,5-10,13-14H2,2-3H3,(H,20,23). The second kappa shape index (κ2) is 9.19. The molecule has 1 saturated heterocycles. The lowest BCUT2D eigenvalue weighted by molar-refractivity contribution is -0.116. The first-order valence-corrected chi connectivity index (χ1v) is 10.7. The van der Waals surface area contributed by atoms with Crippen LogP contribution in [0.5, 0.6) is 0 Å². The summed E-state index contributed by atoms with van der Waals surface area (Å²) < 4.78 is 27.1. The second-order valence-corrected chi connectivity index (χ2v) is 8.28. The predicted octanol–water partition coefficient (Wildman–Crippen LogP) is 3.22. The highest BCUT2D eigenvalue weighted by Crippen LogP contribution is 2.32. The maximum absolute atomic E-state index is 12.8. The number of carbonyl (C=O) groups is 1. The van der Waals surface area contributed by atoms with Gasteiger partial charge in [0.2, 0.25) is 15.9 Å². The van der Waals surface area contributed by atoms with Gasteiger partial charge >= 0.3 is 0 Å². The van der Waals surface area contributed by atoms with Gasteiger partial charge in [0.15, 0.2) is 0 Å². The molecule has 1 aliphatic rings. The lowest BCUT2D eigenvalue weighted by atomic mass is 10.2. The van der Waals surface area contributed by atoms with E-state index >= 15 is 0 Å². The van der Waals surface area contributed by atoms with Crippen LogP contribution in [-0.4, -0.2) is 44.8 Å². The Kier molecular flexibility index (Phi) is 7.23. The number of hydrogen-bond acceptors (Lipinski definition) is 4. The maximum Gasteiger partial charge on any atom is 0.243 e. The molecule has 1 aromatic rings. The van der Waals surface area contributed by atoms with Crippen LogP contribution >= 0.6 is 0 Å². The molecular weight excluding hydrogens is 350 g/mol. The Morgan fingerprint density at radius 3 is 2.50 bits per heavy atom. The zero-order valence-corrected chi connectivity index (χ0v) is 16.5. The largest absolute Gasteiger partial charge is 0.370 e. The minimum absolute atomic E-state index is 0.136. The minimum atomic E-state index is -3.57. The van der Waals surface area contributed by atoms with Crippen LogP contribution in [0.1, 0.15) is 39.5 Å². The number of amides is 1. The van der Waals surface area contributed by atoms with Crippen molar-refractivity contribution in [3.05, 3.63) is 30.9 Å². The van der Waals surface area contributed by atoms with E-state index in [9.17, 15) is 13.2 Å². The number of sulfonamides is 1. The number of nitrogens with one attached hydrogen (secondary N) is 1. The van der Waals surface area contributed by atoms with Crippen molar-refractivity contribution in [2.45, 2.75) is 44.4 Å². The molecule has 0 atom stereocenters. The summed E-state index contributed by atoms with van der Waals surface area (Å²) in [6.07, 6.45) is 4.81. The molecule has 26 heavy (non-hydrogen) atoms. The quantitative estimate of drug-likeness (QED) is 0.669. The van der Waals surface area contributed by atoms with Gasteiger partial charge in [-0.1, -0.05) is 19.9 Å². The summed E-state index contributed by atoms with van der Waals surface area (Å²) >= 11 is 0. The molecule has 1 aromatic carbocycles. The van der Waals surface area contributed by atoms with Crippen LogP contribution in [0.2, 0.25) is 0 Å². The third-order valence-electron chi connectivity index (χ3n) is 4.61. The van der Waals surface area contributed by atoms with E-state index in [2.05, 4.69) is 16.8 Å². The van der Waals surface area contributed by atoms with Gasteiger partial charge in [-0.3, -0.25) is 4.79 Å². The molecule has 1 aliphatic heterocycles. The zero-order valence-electron chi connectivity index (χ0n) is 15.7. The summed E-state index contributed by atoms with van der Waals surface area (Å²) in [5.41, 5.74) is 1.45. The van der Waals surface area contributed by atoms with Gasteiger partial charge in [-0.05, 0) is 37.5 Å². The van der Waals surface area contributed by atoms with Gasteiger partial charge < -0.3 is 10.2 Å². The van der Waals surface area contributed by atoms with Crippen molar-refractivity contribution in [2.75, 3.05) is 36.4 Å². The number of benzene rings is 1. The summed E-state index contributed by atoms with van der Waals surface area (Å²) in [5.74, 6) is -0.136. The molecule has 0 radical (unpaired) electrons. The summed E-state index contributed by atoms with van der Waals surface area (Å²) in [5, 5.41) is 2.90. The Bertz CT molecular complexity index is 736. The fourth-order valence-corrected chi connectivity index (χ4v) is 4.65. The van der Waals surface area contributed by atoms with Gasteiger partial charge in [0.05, 0.1) is 16.3 Å². The van der Waals surface area contributed by atoms with Crippen LogP contribution in [0.4, 0.5) is 11.4 Å². The zero-order chi connectivity index (χ0) is 19.2. The summed E-state index contributed by atoms with van der Waals surface area (Å²) in [6.45, 7) is 9.92. The highest BCUT2D eigenvalue weighted by Gasteiger charge is 2.24. The molecule has 7 heteroatoms. The normalized spacial score (nSPS) is 14.7. The molecule has 2 rings (SSSR count). The summed E-state index contributed by atoms with van der Waals surface area (Å²) in [6, 6.07) is 5.04. The Morgan fingerprint density at radius 1 is 1.27 bits per heavy atom. The fraction of sp³-hybridized carbons (Fsp3) is 0.526. The third kappa shape index (κ3) is 4.65. The van der Waals surface area contributed by atoms with Gasteiger partial charge in [0.1, 0.15) is 0 Å². The van der Waals surface area contributed by atoms with E-state index in [4.69, 9.17) is 0 Å². The van der Waals surface area contributed by atoms with E-state index in [-0.39, 0.29) is 10.8 Å². The van der Waals surface area contributed by atoms with Crippen LogP contribution < -0.4 is 10.2 Å². The van der Waals surface area contributed by atoms with Crippen molar-refractivity contribution < 1.29 is 13.2 Å².